The molecule has 0 unspecified atom stereocenters. The van der Waals surface area contributed by atoms with E-state index in [1.165, 1.54) is 16.9 Å². The molecule has 2 aromatic rings. The van der Waals surface area contributed by atoms with E-state index in [0.717, 1.165) is 12.0 Å². The normalized spacial score (nSPS) is 10.5. The number of hydrogen-bond acceptors (Lipinski definition) is 2. The first-order valence-corrected chi connectivity index (χ1v) is 6.76. The maximum atomic E-state index is 12.2. The second-order valence-corrected chi connectivity index (χ2v) is 5.20. The highest BCUT2D eigenvalue weighted by atomic mass is 35.5. The van der Waals surface area contributed by atoms with E-state index in [-0.39, 0.29) is 5.78 Å². The summed E-state index contributed by atoms with van der Waals surface area (Å²) in [4.78, 5) is 12.8. The molecule has 3 heteroatoms. The highest BCUT2D eigenvalue weighted by Crippen LogP contribution is 2.29. The topological polar surface area (TPSA) is 17.1 Å². The molecule has 0 saturated carbocycles. The molecule has 0 radical (unpaired) electrons. The Morgan fingerprint density at radius 3 is 2.41 bits per heavy atom. The van der Waals surface area contributed by atoms with E-state index in [1.54, 1.807) is 0 Å². The summed E-state index contributed by atoms with van der Waals surface area (Å²) in [7, 11) is 0. The molecule has 0 aliphatic rings. The first kappa shape index (κ1) is 12.3. The lowest BCUT2D eigenvalue weighted by Gasteiger charge is -2.01. The van der Waals surface area contributed by atoms with Crippen LogP contribution in [-0.2, 0) is 6.42 Å². The predicted octanol–water partition coefficient (Wildman–Crippen LogP) is 4.50. The van der Waals surface area contributed by atoms with Crippen molar-refractivity contribution in [1.29, 1.82) is 0 Å². The molecule has 0 aliphatic heterocycles. The molecule has 0 aliphatic carbocycles. The maximum Gasteiger partial charge on any atom is 0.204 e. The van der Waals surface area contributed by atoms with E-state index in [1.807, 2.05) is 36.6 Å². The summed E-state index contributed by atoms with van der Waals surface area (Å²) < 4.78 is 0. The Kier molecular flexibility index (Phi) is 3.65. The standard InChI is InChI=1S/C14H13ClOS/c1-3-10-4-6-11(7-5-10)13(16)14-12(15)9(2)8-17-14/h4-8H,3H2,1-2H3. The molecule has 88 valence electrons. The maximum absolute atomic E-state index is 12.2. The Morgan fingerprint density at radius 2 is 1.94 bits per heavy atom. The number of carbonyl (C=O) groups excluding carboxylic acids is 1. The fraction of sp³-hybridized carbons (Fsp3) is 0.214. The van der Waals surface area contributed by atoms with Gasteiger partial charge in [0.15, 0.2) is 0 Å². The van der Waals surface area contributed by atoms with Crippen LogP contribution < -0.4 is 0 Å². The molecule has 0 saturated heterocycles. The van der Waals surface area contributed by atoms with Crippen LogP contribution in [0.5, 0.6) is 0 Å². The lowest BCUT2D eigenvalue weighted by Crippen LogP contribution is -1.99. The highest BCUT2D eigenvalue weighted by molar-refractivity contribution is 7.13. The second-order valence-electron chi connectivity index (χ2n) is 3.94. The van der Waals surface area contributed by atoms with Crippen molar-refractivity contribution in [2.45, 2.75) is 20.3 Å². The van der Waals surface area contributed by atoms with Crippen LogP contribution in [0.25, 0.3) is 0 Å². The van der Waals surface area contributed by atoms with Crippen molar-refractivity contribution < 1.29 is 4.79 Å². The number of carbonyl (C=O) groups is 1. The van der Waals surface area contributed by atoms with Crippen LogP contribution in [0.15, 0.2) is 29.6 Å². The summed E-state index contributed by atoms with van der Waals surface area (Å²) in [5.41, 5.74) is 2.89. The molecule has 1 heterocycles. The lowest BCUT2D eigenvalue weighted by atomic mass is 10.1. The van der Waals surface area contributed by atoms with Crippen molar-refractivity contribution in [3.63, 3.8) is 0 Å². The van der Waals surface area contributed by atoms with Gasteiger partial charge < -0.3 is 0 Å². The molecule has 0 bridgehead atoms. The monoisotopic (exact) mass is 264 g/mol. The molecule has 0 fully saturated rings. The minimum Gasteiger partial charge on any atom is -0.288 e. The zero-order chi connectivity index (χ0) is 12.4. The van der Waals surface area contributed by atoms with E-state index in [9.17, 15) is 4.79 Å². The van der Waals surface area contributed by atoms with E-state index in [0.29, 0.717) is 15.5 Å². The van der Waals surface area contributed by atoms with Gasteiger partial charge in [-0.05, 0) is 29.9 Å². The summed E-state index contributed by atoms with van der Waals surface area (Å²) in [5, 5.41) is 2.50. The van der Waals surface area contributed by atoms with Crippen LogP contribution in [0, 0.1) is 6.92 Å². The largest absolute Gasteiger partial charge is 0.288 e. The number of hydrogen-bond donors (Lipinski definition) is 0. The molecule has 1 aromatic carbocycles. The van der Waals surface area contributed by atoms with Gasteiger partial charge in [0, 0.05) is 5.56 Å². The van der Waals surface area contributed by atoms with Crippen molar-refractivity contribution in [2.24, 2.45) is 0 Å². The fourth-order valence-corrected chi connectivity index (χ4v) is 2.85. The zero-order valence-electron chi connectivity index (χ0n) is 9.79. The van der Waals surface area contributed by atoms with Gasteiger partial charge in [0.05, 0.1) is 9.90 Å². The molecule has 1 aromatic heterocycles. The number of ketones is 1. The number of benzene rings is 1. The van der Waals surface area contributed by atoms with Gasteiger partial charge in [-0.3, -0.25) is 4.79 Å². The Bertz CT molecular complexity index is 540. The Balaban J connectivity index is 2.33. The van der Waals surface area contributed by atoms with Crippen LogP contribution >= 0.6 is 22.9 Å². The average molecular weight is 265 g/mol. The first-order valence-electron chi connectivity index (χ1n) is 5.50. The van der Waals surface area contributed by atoms with Gasteiger partial charge in [-0.15, -0.1) is 11.3 Å². The van der Waals surface area contributed by atoms with Gasteiger partial charge in [-0.25, -0.2) is 0 Å². The number of halogens is 1. The summed E-state index contributed by atoms with van der Waals surface area (Å²) in [6.07, 6.45) is 0.980. The SMILES string of the molecule is CCc1ccc(C(=O)c2scc(C)c2Cl)cc1. The number of aryl methyl sites for hydroxylation is 2. The van der Waals surface area contributed by atoms with Crippen LogP contribution in [0.4, 0.5) is 0 Å². The quantitative estimate of drug-likeness (QED) is 0.746. The Morgan fingerprint density at radius 1 is 1.29 bits per heavy atom. The Hall–Kier alpha value is -1.12. The van der Waals surface area contributed by atoms with Crippen LogP contribution in [0.1, 0.15) is 33.3 Å². The third-order valence-corrected chi connectivity index (χ3v) is 4.43. The Labute approximate surface area is 110 Å². The van der Waals surface area contributed by atoms with Gasteiger partial charge in [0.1, 0.15) is 0 Å². The molecule has 0 N–H and O–H groups in total. The van der Waals surface area contributed by atoms with Crippen LogP contribution in [-0.4, -0.2) is 5.78 Å². The third-order valence-electron chi connectivity index (χ3n) is 2.73. The lowest BCUT2D eigenvalue weighted by molar-refractivity contribution is 0.104. The molecule has 0 amide bonds. The molecule has 0 atom stereocenters. The first-order chi connectivity index (χ1) is 8.13. The molecule has 1 nitrogen and oxygen atoms in total. The second kappa shape index (κ2) is 5.03. The van der Waals surface area contributed by atoms with Crippen molar-refractivity contribution in [1.82, 2.24) is 0 Å². The molecular weight excluding hydrogens is 252 g/mol. The average Bonchev–Trinajstić information content (AvgIpc) is 2.69. The van der Waals surface area contributed by atoms with Crippen LogP contribution in [0.2, 0.25) is 5.02 Å². The van der Waals surface area contributed by atoms with Gasteiger partial charge in [-0.1, -0.05) is 42.8 Å². The highest BCUT2D eigenvalue weighted by Gasteiger charge is 2.16. The summed E-state index contributed by atoms with van der Waals surface area (Å²) in [6, 6.07) is 7.71. The van der Waals surface area contributed by atoms with E-state index in [2.05, 4.69) is 6.92 Å². The minimum atomic E-state index is 0.00996. The van der Waals surface area contributed by atoms with E-state index < -0.39 is 0 Å². The summed E-state index contributed by atoms with van der Waals surface area (Å²) in [5.74, 6) is 0.00996. The molecule has 17 heavy (non-hydrogen) atoms. The molecule has 0 spiro atoms. The predicted molar refractivity (Wildman–Crippen MR) is 73.3 cm³/mol. The molecule has 2 rings (SSSR count). The number of thiophene rings is 1. The minimum absolute atomic E-state index is 0.00996. The smallest absolute Gasteiger partial charge is 0.204 e. The van der Waals surface area contributed by atoms with Crippen molar-refractivity contribution in [3.8, 4) is 0 Å². The van der Waals surface area contributed by atoms with Gasteiger partial charge in [-0.2, -0.15) is 0 Å². The molecular formula is C14H13ClOS. The fourth-order valence-electron chi connectivity index (χ4n) is 1.61. The van der Waals surface area contributed by atoms with Crippen molar-refractivity contribution in [2.75, 3.05) is 0 Å². The summed E-state index contributed by atoms with van der Waals surface area (Å²) >= 11 is 7.51. The third kappa shape index (κ3) is 2.43. The van der Waals surface area contributed by atoms with Gasteiger partial charge in [0.2, 0.25) is 5.78 Å². The summed E-state index contributed by atoms with van der Waals surface area (Å²) in [6.45, 7) is 4.01. The van der Waals surface area contributed by atoms with Crippen molar-refractivity contribution in [3.05, 3.63) is 56.2 Å². The van der Waals surface area contributed by atoms with Crippen molar-refractivity contribution >= 4 is 28.7 Å². The van der Waals surface area contributed by atoms with Gasteiger partial charge in [0.25, 0.3) is 0 Å². The zero-order valence-corrected chi connectivity index (χ0v) is 11.4. The van der Waals surface area contributed by atoms with Crippen LogP contribution in [0.3, 0.4) is 0 Å². The van der Waals surface area contributed by atoms with Gasteiger partial charge >= 0.3 is 0 Å². The number of rotatable bonds is 3. The van der Waals surface area contributed by atoms with E-state index >= 15 is 0 Å². The van der Waals surface area contributed by atoms with E-state index in [4.69, 9.17) is 11.6 Å².